The van der Waals surface area contributed by atoms with Gasteiger partial charge in [-0.25, -0.2) is 27.2 Å². The summed E-state index contributed by atoms with van der Waals surface area (Å²) in [5, 5.41) is 11.2. The summed E-state index contributed by atoms with van der Waals surface area (Å²) in [4.78, 5) is 25.1. The highest BCUT2D eigenvalue weighted by Gasteiger charge is 2.16. The molecule has 0 aliphatic rings. The van der Waals surface area contributed by atoms with Crippen LogP contribution >= 0.6 is 0 Å². The average molecular weight is 448 g/mol. The van der Waals surface area contributed by atoms with Crippen LogP contribution < -0.4 is 11.0 Å². The number of fused-ring (bicyclic) bond motifs is 3. The maximum atomic E-state index is 13.8. The van der Waals surface area contributed by atoms with E-state index in [1.165, 1.54) is 16.2 Å². The molecular formula is C23H18F2N6O2. The molecule has 3 heterocycles. The highest BCUT2D eigenvalue weighted by Crippen LogP contribution is 2.23. The van der Waals surface area contributed by atoms with Crippen LogP contribution in [0.3, 0.4) is 0 Å². The lowest BCUT2D eigenvalue weighted by atomic mass is 10.0. The van der Waals surface area contributed by atoms with Crippen LogP contribution in [0, 0.1) is 25.5 Å². The zero-order valence-corrected chi connectivity index (χ0v) is 17.7. The summed E-state index contributed by atoms with van der Waals surface area (Å²) in [6.45, 7) is 3.62. The van der Waals surface area contributed by atoms with Gasteiger partial charge in [0, 0.05) is 24.0 Å². The van der Waals surface area contributed by atoms with E-state index in [1.807, 2.05) is 38.1 Å². The van der Waals surface area contributed by atoms with Crippen LogP contribution in [0.25, 0.3) is 22.4 Å². The van der Waals surface area contributed by atoms with Crippen molar-refractivity contribution in [2.45, 2.75) is 20.4 Å². The third-order valence-corrected chi connectivity index (χ3v) is 5.49. The van der Waals surface area contributed by atoms with Crippen molar-refractivity contribution >= 4 is 22.8 Å². The molecule has 10 heteroatoms. The SMILES string of the molecule is Cc1ccc(-c2cc3c4nn(CC(=O)Nc5ccc(F)cc5F)c(=O)n4ccn3n2)cc1C. The van der Waals surface area contributed by atoms with Crippen molar-refractivity contribution in [2.24, 2.45) is 0 Å². The minimum atomic E-state index is -0.912. The first kappa shape index (κ1) is 20.6. The molecule has 166 valence electrons. The highest BCUT2D eigenvalue weighted by molar-refractivity contribution is 5.90. The second kappa shape index (κ2) is 7.66. The van der Waals surface area contributed by atoms with Gasteiger partial charge in [-0.1, -0.05) is 12.1 Å². The molecule has 3 aromatic heterocycles. The molecule has 8 nitrogen and oxygen atoms in total. The normalized spacial score (nSPS) is 11.4. The van der Waals surface area contributed by atoms with Crippen molar-refractivity contribution in [3.05, 3.63) is 88.1 Å². The molecule has 1 N–H and O–H groups in total. The lowest BCUT2D eigenvalue weighted by Crippen LogP contribution is -2.28. The third kappa shape index (κ3) is 3.65. The van der Waals surface area contributed by atoms with Gasteiger partial charge in [-0.05, 0) is 49.2 Å². The van der Waals surface area contributed by atoms with Crippen LogP contribution in [-0.2, 0) is 11.3 Å². The van der Waals surface area contributed by atoms with Gasteiger partial charge in [0.25, 0.3) is 0 Å². The predicted octanol–water partition coefficient (Wildman–Crippen LogP) is 3.34. The predicted molar refractivity (Wildman–Crippen MR) is 118 cm³/mol. The molecular weight excluding hydrogens is 430 g/mol. The largest absolute Gasteiger partial charge is 0.350 e. The molecule has 0 radical (unpaired) electrons. The molecule has 0 saturated carbocycles. The Hall–Kier alpha value is -4.34. The summed E-state index contributed by atoms with van der Waals surface area (Å²) in [7, 11) is 0. The number of carbonyl (C=O) groups is 1. The molecule has 0 fully saturated rings. The lowest BCUT2D eigenvalue weighted by Gasteiger charge is -2.05. The van der Waals surface area contributed by atoms with Gasteiger partial charge in [-0.2, -0.15) is 5.10 Å². The van der Waals surface area contributed by atoms with Crippen LogP contribution in [0.4, 0.5) is 14.5 Å². The van der Waals surface area contributed by atoms with E-state index < -0.39 is 29.8 Å². The topological polar surface area (TPSA) is 85.7 Å². The maximum Gasteiger partial charge on any atom is 0.350 e. The number of hydrogen-bond acceptors (Lipinski definition) is 4. The van der Waals surface area contributed by atoms with Crippen molar-refractivity contribution in [3.63, 3.8) is 0 Å². The van der Waals surface area contributed by atoms with Gasteiger partial charge >= 0.3 is 5.69 Å². The number of benzene rings is 2. The summed E-state index contributed by atoms with van der Waals surface area (Å²) in [6, 6.07) is 10.7. The Kier molecular flexibility index (Phi) is 4.77. The Morgan fingerprint density at radius 3 is 2.58 bits per heavy atom. The van der Waals surface area contributed by atoms with Crippen molar-refractivity contribution in [1.29, 1.82) is 0 Å². The first-order valence-corrected chi connectivity index (χ1v) is 10.1. The molecule has 0 aliphatic carbocycles. The summed E-state index contributed by atoms with van der Waals surface area (Å²) < 4.78 is 30.8. The van der Waals surface area contributed by atoms with E-state index in [0.29, 0.717) is 17.2 Å². The number of nitrogens with one attached hydrogen (secondary N) is 1. The van der Waals surface area contributed by atoms with Crippen molar-refractivity contribution in [1.82, 2.24) is 23.8 Å². The smallest absolute Gasteiger partial charge is 0.322 e. The monoisotopic (exact) mass is 448 g/mol. The maximum absolute atomic E-state index is 13.8. The number of nitrogens with zero attached hydrogens (tertiary/aromatic N) is 5. The van der Waals surface area contributed by atoms with E-state index in [4.69, 9.17) is 0 Å². The van der Waals surface area contributed by atoms with Crippen LogP contribution in [0.1, 0.15) is 11.1 Å². The molecule has 0 saturated heterocycles. The Morgan fingerprint density at radius 2 is 1.82 bits per heavy atom. The fourth-order valence-corrected chi connectivity index (χ4v) is 3.60. The number of rotatable bonds is 4. The van der Waals surface area contributed by atoms with Crippen LogP contribution in [0.5, 0.6) is 0 Å². The zero-order valence-electron chi connectivity index (χ0n) is 17.7. The Balaban J connectivity index is 1.49. The van der Waals surface area contributed by atoms with E-state index in [0.717, 1.165) is 33.6 Å². The number of aromatic nitrogens is 5. The van der Waals surface area contributed by atoms with Gasteiger partial charge in [0.2, 0.25) is 5.91 Å². The second-order valence-corrected chi connectivity index (χ2v) is 7.76. The highest BCUT2D eigenvalue weighted by atomic mass is 19.1. The number of hydrogen-bond donors (Lipinski definition) is 1. The van der Waals surface area contributed by atoms with E-state index in [1.54, 1.807) is 10.7 Å². The lowest BCUT2D eigenvalue weighted by molar-refractivity contribution is -0.117. The Bertz CT molecular complexity index is 1620. The average Bonchev–Trinajstić information content (AvgIpc) is 3.34. The van der Waals surface area contributed by atoms with Gasteiger partial charge in [-0.3, -0.25) is 4.79 Å². The van der Waals surface area contributed by atoms with E-state index in [9.17, 15) is 18.4 Å². The molecule has 33 heavy (non-hydrogen) atoms. The fourth-order valence-electron chi connectivity index (χ4n) is 3.60. The van der Waals surface area contributed by atoms with Crippen molar-refractivity contribution in [3.8, 4) is 11.3 Å². The molecule has 1 amide bonds. The van der Waals surface area contributed by atoms with E-state index in [-0.39, 0.29) is 5.69 Å². The minimum absolute atomic E-state index is 0.186. The quantitative estimate of drug-likeness (QED) is 0.457. The van der Waals surface area contributed by atoms with Crippen LogP contribution in [-0.4, -0.2) is 29.7 Å². The van der Waals surface area contributed by atoms with Crippen LogP contribution in [0.15, 0.2) is 59.7 Å². The van der Waals surface area contributed by atoms with Gasteiger partial charge < -0.3 is 5.32 Å². The van der Waals surface area contributed by atoms with Gasteiger partial charge in [-0.15, -0.1) is 5.10 Å². The number of carbonyl (C=O) groups excluding carboxylic acids is 1. The van der Waals surface area contributed by atoms with Gasteiger partial charge in [0.05, 0.1) is 11.4 Å². The zero-order chi connectivity index (χ0) is 23.3. The molecule has 5 aromatic rings. The number of halogens is 2. The third-order valence-electron chi connectivity index (χ3n) is 5.49. The van der Waals surface area contributed by atoms with Crippen molar-refractivity contribution < 1.29 is 13.6 Å². The molecule has 0 spiro atoms. The molecule has 2 aromatic carbocycles. The summed E-state index contributed by atoms with van der Waals surface area (Å²) in [5.74, 6) is -2.34. The minimum Gasteiger partial charge on any atom is -0.322 e. The van der Waals surface area contributed by atoms with Gasteiger partial charge in [0.15, 0.2) is 5.65 Å². The molecule has 0 bridgehead atoms. The number of amides is 1. The molecule has 0 atom stereocenters. The summed E-state index contributed by atoms with van der Waals surface area (Å²) in [6.07, 6.45) is 3.15. The Morgan fingerprint density at radius 1 is 1.00 bits per heavy atom. The second-order valence-electron chi connectivity index (χ2n) is 7.76. The Labute approximate surface area is 185 Å². The standard InChI is InChI=1S/C23H18F2N6O2/c1-13-3-4-15(9-14(13)2)19-11-20-22-28-31(23(33)29(22)7-8-30(20)27-19)12-21(32)26-18-6-5-16(24)10-17(18)25/h3-11H,12H2,1-2H3,(H,26,32). The summed E-state index contributed by atoms with van der Waals surface area (Å²) in [5.41, 5.74) is 4.16. The van der Waals surface area contributed by atoms with Crippen LogP contribution in [0.2, 0.25) is 0 Å². The number of anilines is 1. The van der Waals surface area contributed by atoms with E-state index in [2.05, 4.69) is 15.5 Å². The summed E-state index contributed by atoms with van der Waals surface area (Å²) >= 11 is 0. The molecule has 5 rings (SSSR count). The molecule has 0 unspecified atom stereocenters. The van der Waals surface area contributed by atoms with Crippen molar-refractivity contribution in [2.75, 3.05) is 5.32 Å². The molecule has 0 aliphatic heterocycles. The fraction of sp³-hybridized carbons (Fsp3) is 0.130. The first-order chi connectivity index (χ1) is 15.8. The number of aryl methyl sites for hydroxylation is 2. The first-order valence-electron chi connectivity index (χ1n) is 10.1. The van der Waals surface area contributed by atoms with E-state index >= 15 is 0 Å². The van der Waals surface area contributed by atoms with Gasteiger partial charge in [0.1, 0.15) is 23.7 Å².